The summed E-state index contributed by atoms with van der Waals surface area (Å²) in [5.41, 5.74) is 0.186. The molecule has 0 amide bonds. The topological polar surface area (TPSA) is 90.7 Å². The van der Waals surface area contributed by atoms with Gasteiger partial charge in [-0.1, -0.05) is 0 Å². The molecule has 0 radical (unpaired) electrons. The van der Waals surface area contributed by atoms with E-state index >= 15 is 0 Å². The molecule has 0 spiro atoms. The number of aromatic carboxylic acids is 1. The average Bonchev–Trinajstić information content (AvgIpc) is 2.36. The Morgan fingerprint density at radius 1 is 1.26 bits per heavy atom. The van der Waals surface area contributed by atoms with Crippen molar-refractivity contribution in [3.8, 4) is 0 Å². The van der Waals surface area contributed by atoms with Crippen LogP contribution in [0, 0.1) is 0 Å². The van der Waals surface area contributed by atoms with Crippen LogP contribution < -0.4 is 4.90 Å². The maximum Gasteiger partial charge on any atom is 0.335 e. The lowest BCUT2D eigenvalue weighted by Crippen LogP contribution is -2.26. The Morgan fingerprint density at radius 2 is 2.00 bits per heavy atom. The number of aliphatic carboxylic acids is 1. The third-order valence-electron chi connectivity index (χ3n) is 2.72. The molecule has 0 aliphatic rings. The van der Waals surface area contributed by atoms with Gasteiger partial charge in [-0.3, -0.25) is 4.79 Å². The molecule has 0 bridgehead atoms. The van der Waals surface area contributed by atoms with E-state index in [1.165, 1.54) is 23.2 Å². The van der Waals surface area contributed by atoms with Gasteiger partial charge in [0.25, 0.3) is 0 Å². The lowest BCUT2D eigenvalue weighted by atomic mass is 10.1. The summed E-state index contributed by atoms with van der Waals surface area (Å²) in [7, 11) is 1.63. The summed E-state index contributed by atoms with van der Waals surface area (Å²) >= 11 is 0. The van der Waals surface area contributed by atoms with Gasteiger partial charge in [0.1, 0.15) is 12.4 Å². The fraction of sp³-hybridized carbons (Fsp3) is 0.154. The van der Waals surface area contributed by atoms with E-state index < -0.39 is 11.9 Å². The van der Waals surface area contributed by atoms with Crippen LogP contribution in [0.1, 0.15) is 10.4 Å². The van der Waals surface area contributed by atoms with Crippen molar-refractivity contribution in [2.45, 2.75) is 0 Å². The first-order chi connectivity index (χ1) is 8.99. The molecule has 0 saturated carbocycles. The molecular weight excluding hydrogens is 248 g/mol. The number of carboxylic acids is 2. The predicted molar refractivity (Wildman–Crippen MR) is 69.6 cm³/mol. The predicted octanol–water partition coefficient (Wildman–Crippen LogP) is 1.45. The molecule has 0 saturated heterocycles. The fourth-order valence-electron chi connectivity index (χ4n) is 1.88. The average molecular weight is 260 g/mol. The van der Waals surface area contributed by atoms with Crippen LogP contribution in [0.5, 0.6) is 0 Å². The van der Waals surface area contributed by atoms with E-state index in [1.54, 1.807) is 19.2 Å². The number of fused-ring (bicyclic) bond motifs is 1. The Bertz CT molecular complexity index is 654. The number of carbonyl (C=O) groups is 2. The summed E-state index contributed by atoms with van der Waals surface area (Å²) in [6.07, 6.45) is 1.53. The molecule has 6 heteroatoms. The highest BCUT2D eigenvalue weighted by atomic mass is 16.4. The molecular formula is C13H12N2O4. The van der Waals surface area contributed by atoms with Gasteiger partial charge in [-0.05, 0) is 29.7 Å². The first-order valence-corrected chi connectivity index (χ1v) is 5.54. The van der Waals surface area contributed by atoms with Gasteiger partial charge in [0.05, 0.1) is 5.56 Å². The van der Waals surface area contributed by atoms with E-state index in [0.29, 0.717) is 11.2 Å². The number of likely N-dealkylation sites (N-methyl/N-ethyl adjacent to an activating group) is 1. The first-order valence-electron chi connectivity index (χ1n) is 5.54. The van der Waals surface area contributed by atoms with Crippen LogP contribution in [0.25, 0.3) is 10.8 Å². The molecule has 0 aliphatic heterocycles. The second kappa shape index (κ2) is 4.93. The Balaban J connectivity index is 2.51. The van der Waals surface area contributed by atoms with Crippen molar-refractivity contribution in [1.82, 2.24) is 4.98 Å². The summed E-state index contributed by atoms with van der Waals surface area (Å²) in [6.45, 7) is -0.174. The quantitative estimate of drug-likeness (QED) is 0.864. The SMILES string of the molecule is CN(CC(=O)O)c1nccc2cc(C(=O)O)ccc12. The minimum atomic E-state index is -1.00. The van der Waals surface area contributed by atoms with E-state index in [-0.39, 0.29) is 12.1 Å². The maximum atomic E-state index is 10.9. The number of hydrogen-bond donors (Lipinski definition) is 2. The number of rotatable bonds is 4. The van der Waals surface area contributed by atoms with Gasteiger partial charge in [-0.2, -0.15) is 0 Å². The Kier molecular flexibility index (Phi) is 3.33. The highest BCUT2D eigenvalue weighted by Crippen LogP contribution is 2.24. The number of anilines is 1. The zero-order valence-corrected chi connectivity index (χ0v) is 10.2. The third-order valence-corrected chi connectivity index (χ3v) is 2.72. The largest absolute Gasteiger partial charge is 0.480 e. The molecule has 0 aliphatic carbocycles. The molecule has 0 atom stereocenters. The van der Waals surface area contributed by atoms with Gasteiger partial charge in [0.2, 0.25) is 0 Å². The van der Waals surface area contributed by atoms with Crippen LogP contribution >= 0.6 is 0 Å². The minimum absolute atomic E-state index is 0.174. The highest BCUT2D eigenvalue weighted by Gasteiger charge is 2.12. The number of aromatic nitrogens is 1. The first kappa shape index (κ1) is 12.8. The Morgan fingerprint density at radius 3 is 2.63 bits per heavy atom. The number of pyridine rings is 1. The van der Waals surface area contributed by atoms with Crippen molar-refractivity contribution in [3.63, 3.8) is 0 Å². The van der Waals surface area contributed by atoms with Crippen LogP contribution in [0.2, 0.25) is 0 Å². The molecule has 1 aromatic carbocycles. The maximum absolute atomic E-state index is 10.9. The van der Waals surface area contributed by atoms with E-state index in [2.05, 4.69) is 4.98 Å². The van der Waals surface area contributed by atoms with Crippen molar-refractivity contribution in [2.24, 2.45) is 0 Å². The van der Waals surface area contributed by atoms with Gasteiger partial charge < -0.3 is 15.1 Å². The third kappa shape index (κ3) is 2.62. The van der Waals surface area contributed by atoms with E-state index in [1.807, 2.05) is 0 Å². The summed E-state index contributed by atoms with van der Waals surface area (Å²) in [5.74, 6) is -1.44. The summed E-state index contributed by atoms with van der Waals surface area (Å²) in [5, 5.41) is 19.2. The molecule has 2 rings (SSSR count). The van der Waals surface area contributed by atoms with Crippen molar-refractivity contribution >= 4 is 28.5 Å². The van der Waals surface area contributed by atoms with Gasteiger partial charge in [0, 0.05) is 18.6 Å². The van der Waals surface area contributed by atoms with Gasteiger partial charge in [-0.15, -0.1) is 0 Å². The van der Waals surface area contributed by atoms with Crippen LogP contribution in [-0.2, 0) is 4.79 Å². The normalized spacial score (nSPS) is 10.4. The highest BCUT2D eigenvalue weighted by molar-refractivity contribution is 5.98. The summed E-state index contributed by atoms with van der Waals surface area (Å²) in [4.78, 5) is 27.3. The second-order valence-corrected chi connectivity index (χ2v) is 4.13. The number of carboxylic acid groups (broad SMARTS) is 2. The molecule has 1 heterocycles. The molecule has 2 aromatic rings. The van der Waals surface area contributed by atoms with Crippen molar-refractivity contribution in [3.05, 3.63) is 36.0 Å². The molecule has 19 heavy (non-hydrogen) atoms. The fourth-order valence-corrected chi connectivity index (χ4v) is 1.88. The molecule has 1 aromatic heterocycles. The monoisotopic (exact) mass is 260 g/mol. The smallest absolute Gasteiger partial charge is 0.335 e. The van der Waals surface area contributed by atoms with Crippen molar-refractivity contribution < 1.29 is 19.8 Å². The van der Waals surface area contributed by atoms with Gasteiger partial charge in [-0.25, -0.2) is 9.78 Å². The van der Waals surface area contributed by atoms with Gasteiger partial charge >= 0.3 is 11.9 Å². The van der Waals surface area contributed by atoms with E-state index in [0.717, 1.165) is 5.39 Å². The second-order valence-electron chi connectivity index (χ2n) is 4.13. The van der Waals surface area contributed by atoms with E-state index in [4.69, 9.17) is 10.2 Å². The number of hydrogen-bond acceptors (Lipinski definition) is 4. The molecule has 2 N–H and O–H groups in total. The molecule has 0 fully saturated rings. The Labute approximate surface area is 108 Å². The van der Waals surface area contributed by atoms with Crippen molar-refractivity contribution in [2.75, 3.05) is 18.5 Å². The number of nitrogens with zero attached hydrogens (tertiary/aromatic N) is 2. The summed E-state index contributed by atoms with van der Waals surface area (Å²) < 4.78 is 0. The molecule has 6 nitrogen and oxygen atoms in total. The zero-order chi connectivity index (χ0) is 14.0. The van der Waals surface area contributed by atoms with Crippen molar-refractivity contribution in [1.29, 1.82) is 0 Å². The zero-order valence-electron chi connectivity index (χ0n) is 10.2. The van der Waals surface area contributed by atoms with Crippen LogP contribution in [0.15, 0.2) is 30.5 Å². The van der Waals surface area contributed by atoms with Gasteiger partial charge in [0.15, 0.2) is 0 Å². The summed E-state index contributed by atoms with van der Waals surface area (Å²) in [6, 6.07) is 6.35. The number of benzene rings is 1. The minimum Gasteiger partial charge on any atom is -0.480 e. The molecule has 98 valence electrons. The standard InChI is InChI=1S/C13H12N2O4/c1-15(7-11(16)17)12-10-3-2-9(13(18)19)6-8(10)4-5-14-12/h2-6H,7H2,1H3,(H,16,17)(H,18,19). The molecule has 0 unspecified atom stereocenters. The Hall–Kier alpha value is -2.63. The lowest BCUT2D eigenvalue weighted by Gasteiger charge is -2.17. The van der Waals surface area contributed by atoms with Crippen LogP contribution in [-0.4, -0.2) is 40.7 Å². The lowest BCUT2D eigenvalue weighted by molar-refractivity contribution is -0.135. The van der Waals surface area contributed by atoms with Crippen LogP contribution in [0.4, 0.5) is 5.82 Å². The van der Waals surface area contributed by atoms with Crippen LogP contribution in [0.3, 0.4) is 0 Å². The van der Waals surface area contributed by atoms with E-state index in [9.17, 15) is 9.59 Å².